The Balaban J connectivity index is 1.75. The number of benzene rings is 3. The molecule has 0 spiro atoms. The Labute approximate surface area is 218 Å². The molecule has 0 fully saturated rings. The minimum Gasteiger partial charge on any atom is -0.508 e. The maximum absolute atomic E-state index is 11.5. The number of hydrogen-bond donors (Lipinski definition) is 2. The lowest BCUT2D eigenvalue weighted by atomic mass is 9.88. The van der Waals surface area contributed by atoms with Crippen LogP contribution in [0.2, 0.25) is 5.02 Å². The molecule has 0 aliphatic rings. The first-order valence-corrected chi connectivity index (χ1v) is 12.4. The Bertz CT molecular complexity index is 1200. The largest absolute Gasteiger partial charge is 0.508 e. The van der Waals surface area contributed by atoms with E-state index in [1.807, 2.05) is 60.7 Å². The lowest BCUT2D eigenvalue weighted by Gasteiger charge is -2.18. The van der Waals surface area contributed by atoms with Crippen molar-refractivity contribution >= 4 is 28.7 Å². The normalized spacial score (nSPS) is 11.9. The summed E-state index contributed by atoms with van der Waals surface area (Å²) in [7, 11) is 3.45. The Morgan fingerprint density at radius 1 is 1.00 bits per heavy atom. The predicted molar refractivity (Wildman–Crippen MR) is 148 cm³/mol. The Kier molecular flexibility index (Phi) is 10.2. The van der Waals surface area contributed by atoms with Gasteiger partial charge in [0.25, 0.3) is 0 Å². The van der Waals surface area contributed by atoms with E-state index < -0.39 is 0 Å². The van der Waals surface area contributed by atoms with Crippen molar-refractivity contribution in [1.29, 1.82) is 0 Å². The Morgan fingerprint density at radius 3 is 2.25 bits per heavy atom. The van der Waals surface area contributed by atoms with Gasteiger partial charge < -0.3 is 20.1 Å². The number of nitrogens with one attached hydrogen (secondary N) is 1. The molecule has 0 unspecified atom stereocenters. The van der Waals surface area contributed by atoms with E-state index in [-0.39, 0.29) is 11.7 Å². The van der Waals surface area contributed by atoms with Crippen LogP contribution in [0.25, 0.3) is 11.1 Å². The van der Waals surface area contributed by atoms with Crippen molar-refractivity contribution in [3.63, 3.8) is 0 Å². The molecule has 1 amide bonds. The number of amides is 1. The van der Waals surface area contributed by atoms with Crippen LogP contribution in [0.4, 0.5) is 0 Å². The van der Waals surface area contributed by atoms with E-state index in [4.69, 9.17) is 16.3 Å². The summed E-state index contributed by atoms with van der Waals surface area (Å²) in [5.74, 6) is 0.973. The lowest BCUT2D eigenvalue weighted by Crippen LogP contribution is -2.22. The SMILES string of the molecule is CC/C(=C(\c1ccc(O)cc1)c1ccc(OCCNC/C=C/C(=O)N(C)C)cc1)c1ccccc1Cl. The third kappa shape index (κ3) is 7.48. The highest BCUT2D eigenvalue weighted by molar-refractivity contribution is 6.32. The van der Waals surface area contributed by atoms with E-state index in [0.717, 1.165) is 40.0 Å². The molecule has 5 nitrogen and oxygen atoms in total. The van der Waals surface area contributed by atoms with Gasteiger partial charge in [0.15, 0.2) is 0 Å². The summed E-state index contributed by atoms with van der Waals surface area (Å²) in [4.78, 5) is 13.1. The second-order valence-electron chi connectivity index (χ2n) is 8.45. The van der Waals surface area contributed by atoms with Gasteiger partial charge in [-0.15, -0.1) is 0 Å². The van der Waals surface area contributed by atoms with Crippen LogP contribution in [0, 0.1) is 0 Å². The molecule has 3 aromatic carbocycles. The van der Waals surface area contributed by atoms with Crippen LogP contribution in [0.1, 0.15) is 30.0 Å². The van der Waals surface area contributed by atoms with Crippen LogP contribution in [0.5, 0.6) is 11.5 Å². The third-order valence-electron chi connectivity index (χ3n) is 5.66. The number of phenolic OH excluding ortho intramolecular Hbond substituents is 1. The predicted octanol–water partition coefficient (Wildman–Crippen LogP) is 6.03. The van der Waals surface area contributed by atoms with Crippen LogP contribution in [0.15, 0.2) is 84.9 Å². The van der Waals surface area contributed by atoms with Crippen LogP contribution in [0.3, 0.4) is 0 Å². The molecule has 0 saturated heterocycles. The molecule has 3 rings (SSSR count). The fraction of sp³-hybridized carbons (Fsp3) is 0.233. The number of carbonyl (C=O) groups is 1. The van der Waals surface area contributed by atoms with Crippen LogP contribution in [-0.2, 0) is 4.79 Å². The molecule has 3 aromatic rings. The van der Waals surface area contributed by atoms with Crippen molar-refractivity contribution in [3.8, 4) is 11.5 Å². The third-order valence-corrected chi connectivity index (χ3v) is 5.99. The number of likely N-dealkylation sites (N-methyl/N-ethyl adjacent to an activating group) is 1. The van der Waals surface area contributed by atoms with Gasteiger partial charge in [0.1, 0.15) is 18.1 Å². The molecule has 0 heterocycles. The number of carbonyl (C=O) groups excluding carboxylic acids is 1. The second-order valence-corrected chi connectivity index (χ2v) is 8.85. The minimum atomic E-state index is -0.0328. The highest BCUT2D eigenvalue weighted by Crippen LogP contribution is 2.37. The Hall–Kier alpha value is -3.54. The highest BCUT2D eigenvalue weighted by Gasteiger charge is 2.15. The zero-order valence-electron chi connectivity index (χ0n) is 21.0. The fourth-order valence-electron chi connectivity index (χ4n) is 3.80. The molecule has 2 N–H and O–H groups in total. The molecule has 0 aliphatic heterocycles. The minimum absolute atomic E-state index is 0.0328. The number of hydrogen-bond acceptors (Lipinski definition) is 4. The molecular weight excluding hydrogens is 472 g/mol. The van der Waals surface area contributed by atoms with E-state index in [9.17, 15) is 9.90 Å². The van der Waals surface area contributed by atoms with E-state index in [1.165, 1.54) is 4.90 Å². The van der Waals surface area contributed by atoms with E-state index in [2.05, 4.69) is 12.2 Å². The molecule has 0 aromatic heterocycles. The maximum Gasteiger partial charge on any atom is 0.245 e. The molecule has 6 heteroatoms. The van der Waals surface area contributed by atoms with Gasteiger partial charge in [0, 0.05) is 38.3 Å². The molecule has 36 heavy (non-hydrogen) atoms. The average Bonchev–Trinajstić information content (AvgIpc) is 2.88. The van der Waals surface area contributed by atoms with Gasteiger partial charge in [0.05, 0.1) is 0 Å². The summed E-state index contributed by atoms with van der Waals surface area (Å²) in [5.41, 5.74) is 5.24. The first-order chi connectivity index (χ1) is 17.4. The smallest absolute Gasteiger partial charge is 0.245 e. The van der Waals surface area contributed by atoms with Crippen molar-refractivity contribution in [1.82, 2.24) is 10.2 Å². The van der Waals surface area contributed by atoms with Crippen LogP contribution < -0.4 is 10.1 Å². The Morgan fingerprint density at radius 2 is 1.64 bits per heavy atom. The number of ether oxygens (including phenoxy) is 1. The number of halogens is 1. The van der Waals surface area contributed by atoms with Gasteiger partial charge >= 0.3 is 0 Å². The van der Waals surface area contributed by atoms with Crippen molar-refractivity contribution in [2.75, 3.05) is 33.8 Å². The van der Waals surface area contributed by atoms with E-state index in [1.54, 1.807) is 38.4 Å². The number of phenols is 1. The zero-order valence-corrected chi connectivity index (χ0v) is 21.8. The summed E-state index contributed by atoms with van der Waals surface area (Å²) in [6, 6.07) is 23.1. The van der Waals surface area contributed by atoms with Gasteiger partial charge in [0.2, 0.25) is 5.91 Å². The lowest BCUT2D eigenvalue weighted by molar-refractivity contribution is -0.123. The van der Waals surface area contributed by atoms with Gasteiger partial charge in [-0.2, -0.15) is 0 Å². The van der Waals surface area contributed by atoms with Gasteiger partial charge in [-0.05, 0) is 64.6 Å². The molecule has 0 bridgehead atoms. The second kappa shape index (κ2) is 13.5. The first kappa shape index (κ1) is 27.1. The fourth-order valence-corrected chi connectivity index (χ4v) is 4.05. The first-order valence-electron chi connectivity index (χ1n) is 12.0. The molecular formula is C30H33ClN2O3. The topological polar surface area (TPSA) is 61.8 Å². The molecule has 0 atom stereocenters. The van der Waals surface area contributed by atoms with Crippen molar-refractivity contribution in [2.24, 2.45) is 0 Å². The molecule has 188 valence electrons. The zero-order chi connectivity index (χ0) is 25.9. The number of allylic oxidation sites excluding steroid dienone is 1. The number of rotatable bonds is 11. The summed E-state index contributed by atoms with van der Waals surface area (Å²) in [5, 5.41) is 13.8. The molecule has 0 saturated carbocycles. The van der Waals surface area contributed by atoms with Crippen LogP contribution >= 0.6 is 11.6 Å². The summed E-state index contributed by atoms with van der Waals surface area (Å²) in [6.07, 6.45) is 4.15. The van der Waals surface area contributed by atoms with Crippen LogP contribution in [-0.4, -0.2) is 49.7 Å². The van der Waals surface area contributed by atoms with Crippen molar-refractivity contribution in [2.45, 2.75) is 13.3 Å². The number of nitrogens with zero attached hydrogens (tertiary/aromatic N) is 1. The summed E-state index contributed by atoms with van der Waals surface area (Å²) < 4.78 is 5.89. The van der Waals surface area contributed by atoms with Crippen molar-refractivity contribution in [3.05, 3.63) is 107 Å². The summed E-state index contributed by atoms with van der Waals surface area (Å²) >= 11 is 6.58. The number of aromatic hydroxyl groups is 1. The summed E-state index contributed by atoms with van der Waals surface area (Å²) in [6.45, 7) is 3.89. The van der Waals surface area contributed by atoms with E-state index >= 15 is 0 Å². The average molecular weight is 505 g/mol. The van der Waals surface area contributed by atoms with Gasteiger partial charge in [-0.25, -0.2) is 0 Å². The van der Waals surface area contributed by atoms with E-state index in [0.29, 0.717) is 24.7 Å². The maximum atomic E-state index is 11.5. The standard InChI is InChI=1S/C30H33ClN2O3/c1-4-26(27-8-5-6-9-28(27)31)30(22-11-15-24(34)16-12-22)23-13-17-25(18-14-23)36-21-20-32-19-7-10-29(35)33(2)3/h5-18,32,34H,4,19-21H2,1-3H3/b10-7+,30-26-. The quantitative estimate of drug-likeness (QED) is 0.190. The van der Waals surface area contributed by atoms with Crippen molar-refractivity contribution < 1.29 is 14.6 Å². The van der Waals surface area contributed by atoms with Gasteiger partial charge in [-0.3, -0.25) is 4.79 Å². The molecule has 0 aliphatic carbocycles. The highest BCUT2D eigenvalue weighted by atomic mass is 35.5. The van der Waals surface area contributed by atoms with Gasteiger partial charge in [-0.1, -0.05) is 67.1 Å². The molecule has 0 radical (unpaired) electrons. The monoisotopic (exact) mass is 504 g/mol.